The highest BCUT2D eigenvalue weighted by molar-refractivity contribution is 7.10. The van der Waals surface area contributed by atoms with Crippen LogP contribution in [0, 0.1) is 0 Å². The van der Waals surface area contributed by atoms with Crippen LogP contribution in [0.5, 0.6) is 0 Å². The van der Waals surface area contributed by atoms with Gasteiger partial charge in [-0.2, -0.15) is 0 Å². The standard InChI is InChI=1S/C11H15N3O3S/c1-11(17,8-3-2-6-18-8)7-13-10(16)14-5-4-12-9(14)15/h2-3,6,17H,4-5,7H2,1H3,(H,12,15)(H,13,16)/t11-/m0/s1. The van der Waals surface area contributed by atoms with E-state index in [1.54, 1.807) is 13.0 Å². The second kappa shape index (κ2) is 4.95. The van der Waals surface area contributed by atoms with Crippen LogP contribution in [0.3, 0.4) is 0 Å². The Morgan fingerprint density at radius 2 is 2.50 bits per heavy atom. The first-order valence-corrected chi connectivity index (χ1v) is 6.48. The summed E-state index contributed by atoms with van der Waals surface area (Å²) >= 11 is 1.42. The average Bonchev–Trinajstić information content (AvgIpc) is 2.96. The second-order valence-electron chi connectivity index (χ2n) is 4.29. The van der Waals surface area contributed by atoms with E-state index < -0.39 is 17.7 Å². The third-order valence-electron chi connectivity index (χ3n) is 2.74. The molecule has 3 N–H and O–H groups in total. The molecule has 2 rings (SSSR count). The lowest BCUT2D eigenvalue weighted by Gasteiger charge is -2.23. The van der Waals surface area contributed by atoms with Gasteiger partial charge in [0.1, 0.15) is 5.60 Å². The molecule has 1 aliphatic rings. The fourth-order valence-electron chi connectivity index (χ4n) is 1.68. The average molecular weight is 269 g/mol. The molecule has 0 saturated carbocycles. The molecule has 7 heteroatoms. The number of carbonyl (C=O) groups excluding carboxylic acids is 2. The first-order chi connectivity index (χ1) is 8.50. The minimum Gasteiger partial charge on any atom is -0.383 e. The zero-order valence-corrected chi connectivity index (χ0v) is 10.8. The Kier molecular flexibility index (Phi) is 3.53. The molecule has 1 fully saturated rings. The third-order valence-corrected chi connectivity index (χ3v) is 3.86. The van der Waals surface area contributed by atoms with Crippen molar-refractivity contribution >= 4 is 23.4 Å². The monoisotopic (exact) mass is 269 g/mol. The summed E-state index contributed by atoms with van der Waals surface area (Å²) in [5, 5.41) is 17.2. The van der Waals surface area contributed by atoms with Crippen LogP contribution in [0.4, 0.5) is 9.59 Å². The van der Waals surface area contributed by atoms with Crippen molar-refractivity contribution in [3.63, 3.8) is 0 Å². The van der Waals surface area contributed by atoms with Crippen molar-refractivity contribution in [1.29, 1.82) is 0 Å². The zero-order valence-electron chi connectivity index (χ0n) is 9.97. The van der Waals surface area contributed by atoms with E-state index in [2.05, 4.69) is 10.6 Å². The van der Waals surface area contributed by atoms with Crippen LogP contribution >= 0.6 is 11.3 Å². The smallest absolute Gasteiger partial charge is 0.325 e. The van der Waals surface area contributed by atoms with E-state index in [9.17, 15) is 14.7 Å². The number of aliphatic hydroxyl groups is 1. The maximum atomic E-state index is 11.7. The molecule has 1 saturated heterocycles. The third kappa shape index (κ3) is 2.62. The summed E-state index contributed by atoms with van der Waals surface area (Å²) < 4.78 is 0. The number of hydrogen-bond acceptors (Lipinski definition) is 4. The van der Waals surface area contributed by atoms with Gasteiger partial charge in [0.15, 0.2) is 0 Å². The Labute approximate surface area is 109 Å². The molecular formula is C11H15N3O3S. The molecule has 1 aromatic rings. The van der Waals surface area contributed by atoms with Crippen molar-refractivity contribution in [2.24, 2.45) is 0 Å². The first kappa shape index (κ1) is 12.8. The number of nitrogens with one attached hydrogen (secondary N) is 2. The van der Waals surface area contributed by atoms with Gasteiger partial charge in [-0.05, 0) is 18.4 Å². The number of rotatable bonds is 3. The maximum Gasteiger partial charge on any atom is 0.325 e. The Bertz CT molecular complexity index is 444. The molecule has 2 heterocycles. The summed E-state index contributed by atoms with van der Waals surface area (Å²) in [5.74, 6) is 0. The highest BCUT2D eigenvalue weighted by atomic mass is 32.1. The summed E-state index contributed by atoms with van der Waals surface area (Å²) in [6.45, 7) is 2.51. The highest BCUT2D eigenvalue weighted by Crippen LogP contribution is 2.24. The first-order valence-electron chi connectivity index (χ1n) is 5.60. The van der Waals surface area contributed by atoms with Crippen molar-refractivity contribution in [2.45, 2.75) is 12.5 Å². The van der Waals surface area contributed by atoms with Crippen LogP contribution < -0.4 is 10.6 Å². The van der Waals surface area contributed by atoms with E-state index in [-0.39, 0.29) is 6.54 Å². The van der Waals surface area contributed by atoms with Gasteiger partial charge in [-0.15, -0.1) is 11.3 Å². The van der Waals surface area contributed by atoms with E-state index >= 15 is 0 Å². The van der Waals surface area contributed by atoms with Crippen molar-refractivity contribution in [3.8, 4) is 0 Å². The Hall–Kier alpha value is -1.60. The molecule has 0 spiro atoms. The molecule has 18 heavy (non-hydrogen) atoms. The van der Waals surface area contributed by atoms with Gasteiger partial charge >= 0.3 is 12.1 Å². The Morgan fingerprint density at radius 1 is 1.72 bits per heavy atom. The van der Waals surface area contributed by atoms with Gasteiger partial charge in [0.2, 0.25) is 0 Å². The fourth-order valence-corrected chi connectivity index (χ4v) is 2.47. The topological polar surface area (TPSA) is 81.7 Å². The van der Waals surface area contributed by atoms with Crippen molar-refractivity contribution in [1.82, 2.24) is 15.5 Å². The predicted molar refractivity (Wildman–Crippen MR) is 67.4 cm³/mol. The number of imide groups is 1. The van der Waals surface area contributed by atoms with Crippen molar-refractivity contribution in [2.75, 3.05) is 19.6 Å². The summed E-state index contributed by atoms with van der Waals surface area (Å²) in [7, 11) is 0. The number of carbonyl (C=O) groups is 2. The van der Waals surface area contributed by atoms with E-state index in [1.165, 1.54) is 11.3 Å². The van der Waals surface area contributed by atoms with Crippen LogP contribution in [-0.4, -0.2) is 41.7 Å². The van der Waals surface area contributed by atoms with Gasteiger partial charge in [-0.25, -0.2) is 14.5 Å². The van der Waals surface area contributed by atoms with Crippen molar-refractivity contribution < 1.29 is 14.7 Å². The van der Waals surface area contributed by atoms with Crippen molar-refractivity contribution in [3.05, 3.63) is 22.4 Å². The lowest BCUT2D eigenvalue weighted by atomic mass is 10.1. The van der Waals surface area contributed by atoms with Gasteiger partial charge in [0.05, 0.1) is 6.54 Å². The highest BCUT2D eigenvalue weighted by Gasteiger charge is 2.29. The summed E-state index contributed by atoms with van der Waals surface area (Å²) in [5.41, 5.74) is -1.12. The minimum atomic E-state index is -1.12. The summed E-state index contributed by atoms with van der Waals surface area (Å²) in [4.78, 5) is 24.8. The molecule has 6 nitrogen and oxygen atoms in total. The molecule has 4 amide bonds. The van der Waals surface area contributed by atoms with Gasteiger partial charge in [-0.1, -0.05) is 6.07 Å². The number of thiophene rings is 1. The lowest BCUT2D eigenvalue weighted by molar-refractivity contribution is 0.0619. The molecule has 0 radical (unpaired) electrons. The number of nitrogens with zero attached hydrogens (tertiary/aromatic N) is 1. The molecule has 0 aromatic carbocycles. The SMILES string of the molecule is C[C@](O)(CNC(=O)N1CCNC1=O)c1cccs1. The fraction of sp³-hybridized carbons (Fsp3) is 0.455. The van der Waals surface area contributed by atoms with Gasteiger partial charge in [0, 0.05) is 18.0 Å². The van der Waals surface area contributed by atoms with Crippen LogP contribution in [0.1, 0.15) is 11.8 Å². The quantitative estimate of drug-likeness (QED) is 0.755. The maximum absolute atomic E-state index is 11.7. The number of amides is 4. The number of hydrogen-bond donors (Lipinski definition) is 3. The second-order valence-corrected chi connectivity index (χ2v) is 5.24. The Morgan fingerprint density at radius 3 is 3.06 bits per heavy atom. The molecule has 98 valence electrons. The van der Waals surface area contributed by atoms with E-state index in [1.807, 2.05) is 11.4 Å². The zero-order chi connectivity index (χ0) is 13.2. The van der Waals surface area contributed by atoms with E-state index in [0.717, 1.165) is 9.78 Å². The van der Waals surface area contributed by atoms with Crippen LogP contribution in [0.15, 0.2) is 17.5 Å². The molecule has 0 bridgehead atoms. The molecule has 1 aromatic heterocycles. The summed E-state index contributed by atoms with van der Waals surface area (Å²) in [6, 6.07) is 2.76. The molecule has 1 aliphatic heterocycles. The molecule has 0 unspecified atom stereocenters. The Balaban J connectivity index is 1.91. The molecular weight excluding hydrogens is 254 g/mol. The largest absolute Gasteiger partial charge is 0.383 e. The summed E-state index contributed by atoms with van der Waals surface area (Å²) in [6.07, 6.45) is 0. The van der Waals surface area contributed by atoms with Gasteiger partial charge in [-0.3, -0.25) is 0 Å². The number of urea groups is 2. The van der Waals surface area contributed by atoms with E-state index in [4.69, 9.17) is 0 Å². The van der Waals surface area contributed by atoms with Crippen LogP contribution in [0.25, 0.3) is 0 Å². The minimum absolute atomic E-state index is 0.0656. The predicted octanol–water partition coefficient (Wildman–Crippen LogP) is 0.690. The molecule has 0 aliphatic carbocycles. The van der Waals surface area contributed by atoms with Crippen LogP contribution in [0.2, 0.25) is 0 Å². The van der Waals surface area contributed by atoms with Crippen LogP contribution in [-0.2, 0) is 5.60 Å². The molecule has 1 atom stereocenters. The normalized spacial score (nSPS) is 18.3. The lowest BCUT2D eigenvalue weighted by Crippen LogP contribution is -2.46. The van der Waals surface area contributed by atoms with E-state index in [0.29, 0.717) is 13.1 Å². The van der Waals surface area contributed by atoms with Gasteiger partial charge in [0.25, 0.3) is 0 Å². The van der Waals surface area contributed by atoms with Gasteiger partial charge < -0.3 is 15.7 Å².